The molecule has 5 nitrogen and oxygen atoms in total. The van der Waals surface area contributed by atoms with Crippen molar-refractivity contribution in [2.75, 3.05) is 51.3 Å². The maximum Gasteiger partial charge on any atom is 0.255 e. The quantitative estimate of drug-likeness (QED) is 0.764. The van der Waals surface area contributed by atoms with Crippen molar-refractivity contribution in [1.29, 1.82) is 0 Å². The molecule has 0 saturated carbocycles. The molecule has 0 spiro atoms. The van der Waals surface area contributed by atoms with Crippen LogP contribution in [0.25, 0.3) is 0 Å². The molecular weight excluding hydrogens is 386 g/mol. The number of methoxy groups -OCH3 is 1. The number of benzene rings is 2. The number of carbonyl (C=O) groups excluding carboxylic acids is 1. The van der Waals surface area contributed by atoms with E-state index in [1.807, 2.05) is 35.2 Å². The molecule has 0 N–H and O–H groups in total. The van der Waals surface area contributed by atoms with E-state index in [2.05, 4.69) is 21.9 Å². The van der Waals surface area contributed by atoms with Gasteiger partial charge in [0, 0.05) is 51.0 Å². The van der Waals surface area contributed by atoms with E-state index >= 15 is 0 Å². The van der Waals surface area contributed by atoms with E-state index in [1.165, 1.54) is 5.69 Å². The van der Waals surface area contributed by atoms with Crippen LogP contribution in [0.15, 0.2) is 48.5 Å². The second kappa shape index (κ2) is 9.06. The zero-order chi connectivity index (χ0) is 20.2. The van der Waals surface area contributed by atoms with E-state index in [9.17, 15) is 4.79 Å². The first-order chi connectivity index (χ1) is 14.2. The molecule has 0 radical (unpaired) electrons. The number of halogens is 1. The number of amides is 1. The Morgan fingerprint density at radius 2 is 1.72 bits per heavy atom. The summed E-state index contributed by atoms with van der Waals surface area (Å²) in [5.74, 6) is 0.940. The van der Waals surface area contributed by atoms with Crippen molar-refractivity contribution in [3.8, 4) is 5.75 Å². The van der Waals surface area contributed by atoms with Crippen LogP contribution in [0.1, 0.15) is 23.2 Å². The summed E-state index contributed by atoms with van der Waals surface area (Å²) in [5, 5.41) is 0.535. The van der Waals surface area contributed by atoms with E-state index in [1.54, 1.807) is 13.2 Å². The Morgan fingerprint density at radius 3 is 2.41 bits per heavy atom. The van der Waals surface area contributed by atoms with Gasteiger partial charge >= 0.3 is 0 Å². The lowest BCUT2D eigenvalue weighted by Crippen LogP contribution is -2.55. The molecule has 0 bridgehead atoms. The zero-order valence-corrected chi connectivity index (χ0v) is 17.6. The molecular formula is C23H28ClN3O2. The fraction of sp³-hybridized carbons (Fsp3) is 0.435. The van der Waals surface area contributed by atoms with Gasteiger partial charge in [-0.25, -0.2) is 0 Å². The minimum absolute atomic E-state index is 0.0529. The molecule has 2 aliphatic rings. The summed E-state index contributed by atoms with van der Waals surface area (Å²) < 4.78 is 5.25. The van der Waals surface area contributed by atoms with Gasteiger partial charge in [0.1, 0.15) is 5.75 Å². The molecule has 2 aromatic carbocycles. The van der Waals surface area contributed by atoms with E-state index in [-0.39, 0.29) is 5.91 Å². The molecule has 2 fully saturated rings. The van der Waals surface area contributed by atoms with Crippen LogP contribution in [0.4, 0.5) is 5.69 Å². The molecule has 1 amide bonds. The van der Waals surface area contributed by atoms with E-state index < -0.39 is 0 Å². The smallest absolute Gasteiger partial charge is 0.255 e. The summed E-state index contributed by atoms with van der Waals surface area (Å²) in [6, 6.07) is 16.0. The number of piperidine rings is 1. The summed E-state index contributed by atoms with van der Waals surface area (Å²) in [4.78, 5) is 19.9. The van der Waals surface area contributed by atoms with Crippen LogP contribution in [-0.2, 0) is 0 Å². The highest BCUT2D eigenvalue weighted by molar-refractivity contribution is 6.33. The summed E-state index contributed by atoms with van der Waals surface area (Å²) in [5.41, 5.74) is 1.85. The summed E-state index contributed by atoms with van der Waals surface area (Å²) in [6.07, 6.45) is 2.19. The highest BCUT2D eigenvalue weighted by Crippen LogP contribution is 2.25. The Kier molecular flexibility index (Phi) is 6.26. The molecule has 154 valence electrons. The van der Waals surface area contributed by atoms with Crippen molar-refractivity contribution >= 4 is 23.2 Å². The van der Waals surface area contributed by atoms with Crippen molar-refractivity contribution in [3.05, 3.63) is 59.1 Å². The van der Waals surface area contributed by atoms with Crippen LogP contribution < -0.4 is 9.64 Å². The summed E-state index contributed by atoms with van der Waals surface area (Å²) >= 11 is 6.25. The first kappa shape index (κ1) is 20.0. The molecule has 1 atom stereocenters. The standard InChI is InChI=1S/C23H28ClN3O2/c1-29-20-10-8-18(9-11-20)25-13-15-26(16-14-25)19-5-4-12-27(17-19)23(28)21-6-2-3-7-22(21)24/h2-3,6-11,19H,4-5,12-17H2,1H3/t19-/m0/s1. The molecule has 0 unspecified atom stereocenters. The van der Waals surface area contributed by atoms with Crippen LogP contribution >= 0.6 is 11.6 Å². The molecule has 2 aliphatic heterocycles. The lowest BCUT2D eigenvalue weighted by molar-refractivity contribution is 0.0563. The number of anilines is 1. The van der Waals surface area contributed by atoms with Crippen LogP contribution in [-0.4, -0.2) is 68.1 Å². The average molecular weight is 414 g/mol. The van der Waals surface area contributed by atoms with Gasteiger partial charge in [-0.05, 0) is 49.2 Å². The van der Waals surface area contributed by atoms with Crippen molar-refractivity contribution < 1.29 is 9.53 Å². The lowest BCUT2D eigenvalue weighted by Gasteiger charge is -2.44. The van der Waals surface area contributed by atoms with Gasteiger partial charge in [0.05, 0.1) is 17.7 Å². The number of rotatable bonds is 4. The van der Waals surface area contributed by atoms with Crippen LogP contribution in [0.3, 0.4) is 0 Å². The zero-order valence-electron chi connectivity index (χ0n) is 16.9. The van der Waals surface area contributed by atoms with Crippen molar-refractivity contribution in [1.82, 2.24) is 9.80 Å². The minimum atomic E-state index is 0.0529. The van der Waals surface area contributed by atoms with Gasteiger partial charge in [0.15, 0.2) is 0 Å². The Hall–Kier alpha value is -2.24. The topological polar surface area (TPSA) is 36.0 Å². The monoisotopic (exact) mass is 413 g/mol. The molecule has 0 aliphatic carbocycles. The number of nitrogens with zero attached hydrogens (tertiary/aromatic N) is 3. The number of hydrogen-bond donors (Lipinski definition) is 0. The van der Waals surface area contributed by atoms with Crippen molar-refractivity contribution in [3.63, 3.8) is 0 Å². The number of piperazine rings is 1. The van der Waals surface area contributed by atoms with E-state index in [4.69, 9.17) is 16.3 Å². The Bertz CT molecular complexity index is 834. The van der Waals surface area contributed by atoms with Crippen LogP contribution in [0.2, 0.25) is 5.02 Å². The van der Waals surface area contributed by atoms with Gasteiger partial charge in [-0.15, -0.1) is 0 Å². The summed E-state index contributed by atoms with van der Waals surface area (Å²) in [6.45, 7) is 5.64. The molecule has 2 heterocycles. The Morgan fingerprint density at radius 1 is 1.00 bits per heavy atom. The highest BCUT2D eigenvalue weighted by Gasteiger charge is 2.30. The number of likely N-dealkylation sites (tertiary alicyclic amines) is 1. The minimum Gasteiger partial charge on any atom is -0.497 e. The Balaban J connectivity index is 1.35. The maximum atomic E-state index is 12.9. The highest BCUT2D eigenvalue weighted by atomic mass is 35.5. The largest absolute Gasteiger partial charge is 0.497 e. The second-order valence-electron chi connectivity index (χ2n) is 7.75. The first-order valence-electron chi connectivity index (χ1n) is 10.3. The van der Waals surface area contributed by atoms with Crippen molar-refractivity contribution in [2.45, 2.75) is 18.9 Å². The predicted molar refractivity (Wildman–Crippen MR) is 117 cm³/mol. The predicted octanol–water partition coefficient (Wildman–Crippen LogP) is 3.78. The molecule has 2 saturated heterocycles. The average Bonchev–Trinajstić information content (AvgIpc) is 2.79. The van der Waals surface area contributed by atoms with Gasteiger partial charge in [-0.3, -0.25) is 9.69 Å². The molecule has 6 heteroatoms. The third-order valence-corrected chi connectivity index (χ3v) is 6.39. The number of hydrogen-bond acceptors (Lipinski definition) is 4. The third kappa shape index (κ3) is 4.51. The number of carbonyl (C=O) groups is 1. The fourth-order valence-corrected chi connectivity index (χ4v) is 4.60. The molecule has 0 aromatic heterocycles. The second-order valence-corrected chi connectivity index (χ2v) is 8.16. The van der Waals surface area contributed by atoms with Gasteiger partial charge in [0.25, 0.3) is 5.91 Å². The molecule has 2 aromatic rings. The lowest BCUT2D eigenvalue weighted by atomic mass is 10.0. The SMILES string of the molecule is COc1ccc(N2CCN([C@H]3CCCN(C(=O)c4ccccc4Cl)C3)CC2)cc1. The van der Waals surface area contributed by atoms with Crippen LogP contribution in [0.5, 0.6) is 5.75 Å². The molecule has 4 rings (SSSR count). The first-order valence-corrected chi connectivity index (χ1v) is 10.7. The number of ether oxygens (including phenoxy) is 1. The maximum absolute atomic E-state index is 12.9. The van der Waals surface area contributed by atoms with Gasteiger partial charge in [-0.1, -0.05) is 23.7 Å². The third-order valence-electron chi connectivity index (χ3n) is 6.06. The van der Waals surface area contributed by atoms with E-state index in [0.29, 0.717) is 16.6 Å². The summed E-state index contributed by atoms with van der Waals surface area (Å²) in [7, 11) is 1.69. The Labute approximate surface area is 177 Å². The van der Waals surface area contributed by atoms with Gasteiger partial charge in [0.2, 0.25) is 0 Å². The molecule has 29 heavy (non-hydrogen) atoms. The fourth-order valence-electron chi connectivity index (χ4n) is 4.38. The normalized spacial score (nSPS) is 20.6. The van der Waals surface area contributed by atoms with Gasteiger partial charge < -0.3 is 14.5 Å². The van der Waals surface area contributed by atoms with Crippen molar-refractivity contribution in [2.24, 2.45) is 0 Å². The van der Waals surface area contributed by atoms with Crippen LogP contribution in [0, 0.1) is 0 Å². The van der Waals surface area contributed by atoms with E-state index in [0.717, 1.165) is 57.9 Å². The van der Waals surface area contributed by atoms with Gasteiger partial charge in [-0.2, -0.15) is 0 Å².